The number of nitrogens with zero attached hydrogens (tertiary/aromatic N) is 4. The Bertz CT molecular complexity index is 716. The van der Waals surface area contributed by atoms with Crippen molar-refractivity contribution in [1.29, 1.82) is 0 Å². The van der Waals surface area contributed by atoms with E-state index in [1.54, 1.807) is 17.8 Å². The second-order valence-electron chi connectivity index (χ2n) is 6.04. The first-order chi connectivity index (χ1) is 12.1. The fourth-order valence-electron chi connectivity index (χ4n) is 2.73. The summed E-state index contributed by atoms with van der Waals surface area (Å²) in [4.78, 5) is 16.4. The van der Waals surface area contributed by atoms with Gasteiger partial charge in [-0.15, -0.1) is 11.8 Å². The Morgan fingerprint density at radius 2 is 2.00 bits per heavy atom. The molecule has 1 saturated heterocycles. The highest BCUT2D eigenvalue weighted by molar-refractivity contribution is 7.99. The van der Waals surface area contributed by atoms with Gasteiger partial charge in [0.2, 0.25) is 5.91 Å². The number of rotatable bonds is 6. The Hall–Kier alpha value is -1.51. The van der Waals surface area contributed by atoms with Gasteiger partial charge in [-0.05, 0) is 13.0 Å². The zero-order valence-corrected chi connectivity index (χ0v) is 15.8. The monoisotopic (exact) mass is 380 g/mol. The zero-order chi connectivity index (χ0) is 17.6. The van der Waals surface area contributed by atoms with E-state index in [0.29, 0.717) is 31.0 Å². The number of hydrogen-bond acceptors (Lipinski definition) is 6. The number of piperazine rings is 1. The lowest BCUT2D eigenvalue weighted by molar-refractivity contribution is -0.130. The van der Waals surface area contributed by atoms with Crippen LogP contribution in [0.1, 0.15) is 17.0 Å². The number of benzene rings is 1. The highest BCUT2D eigenvalue weighted by Gasteiger charge is 2.21. The van der Waals surface area contributed by atoms with Gasteiger partial charge in [0.1, 0.15) is 5.82 Å². The number of carbonyl (C=O) groups is 1. The summed E-state index contributed by atoms with van der Waals surface area (Å²) in [7, 11) is 0. The third-order valence-electron chi connectivity index (χ3n) is 4.29. The molecule has 3 rings (SSSR count). The fourth-order valence-corrected chi connectivity index (χ4v) is 4.30. The van der Waals surface area contributed by atoms with Crippen LogP contribution in [-0.2, 0) is 17.1 Å². The van der Waals surface area contributed by atoms with Gasteiger partial charge in [0, 0.05) is 44.0 Å². The molecule has 0 unspecified atom stereocenters. The summed E-state index contributed by atoms with van der Waals surface area (Å²) >= 11 is 2.80. The maximum absolute atomic E-state index is 13.7. The van der Waals surface area contributed by atoms with Crippen molar-refractivity contribution in [2.24, 2.45) is 0 Å². The van der Waals surface area contributed by atoms with Crippen LogP contribution < -0.4 is 0 Å². The molecule has 1 aromatic heterocycles. The highest BCUT2D eigenvalue weighted by Crippen LogP contribution is 2.16. The molecule has 134 valence electrons. The molecule has 1 aromatic carbocycles. The van der Waals surface area contributed by atoms with Crippen molar-refractivity contribution >= 4 is 29.4 Å². The number of carbonyl (C=O) groups excluding carboxylic acids is 1. The number of aryl methyl sites for hydroxylation is 1. The van der Waals surface area contributed by atoms with Crippen molar-refractivity contribution in [3.05, 3.63) is 47.0 Å². The molecule has 0 saturated carbocycles. The van der Waals surface area contributed by atoms with Crippen molar-refractivity contribution in [2.75, 3.05) is 31.9 Å². The topological polar surface area (TPSA) is 49.3 Å². The van der Waals surface area contributed by atoms with Crippen molar-refractivity contribution in [3.8, 4) is 0 Å². The molecule has 1 aliphatic rings. The maximum atomic E-state index is 13.7. The number of amides is 1. The molecule has 0 N–H and O–H groups in total. The number of aromatic nitrogens is 2. The van der Waals surface area contributed by atoms with E-state index in [9.17, 15) is 9.18 Å². The number of thioether (sulfide) groups is 1. The van der Waals surface area contributed by atoms with Gasteiger partial charge in [0.25, 0.3) is 0 Å². The van der Waals surface area contributed by atoms with Crippen molar-refractivity contribution in [3.63, 3.8) is 0 Å². The van der Waals surface area contributed by atoms with E-state index in [-0.39, 0.29) is 11.7 Å². The van der Waals surface area contributed by atoms with E-state index in [0.717, 1.165) is 30.2 Å². The highest BCUT2D eigenvalue weighted by atomic mass is 32.2. The molecule has 1 amide bonds. The van der Waals surface area contributed by atoms with Gasteiger partial charge in [0.15, 0.2) is 0 Å². The molecular weight excluding hydrogens is 359 g/mol. The molecular formula is C17H21FN4OS2. The Morgan fingerprint density at radius 1 is 1.24 bits per heavy atom. The normalized spacial score (nSPS) is 15.5. The molecule has 1 fully saturated rings. The molecule has 0 aliphatic carbocycles. The van der Waals surface area contributed by atoms with Crippen LogP contribution in [0.3, 0.4) is 0 Å². The molecule has 2 heterocycles. The third kappa shape index (κ3) is 4.99. The summed E-state index contributed by atoms with van der Waals surface area (Å²) in [5.74, 6) is 1.19. The minimum Gasteiger partial charge on any atom is -0.339 e. The van der Waals surface area contributed by atoms with E-state index in [4.69, 9.17) is 0 Å². The van der Waals surface area contributed by atoms with Crippen molar-refractivity contribution in [1.82, 2.24) is 18.5 Å². The standard InChI is InChI=1S/C17H21FN4OS2/c1-13-16(20-25-19-13)11-24-12-17(23)22-8-6-21(7-9-22)10-14-4-2-3-5-15(14)18/h2-5H,6-12H2,1H3. The van der Waals surface area contributed by atoms with Gasteiger partial charge in [-0.3, -0.25) is 9.69 Å². The Balaban J connectivity index is 1.40. The molecule has 0 spiro atoms. The third-order valence-corrected chi connectivity index (χ3v) is 5.87. The smallest absolute Gasteiger partial charge is 0.232 e. The lowest BCUT2D eigenvalue weighted by atomic mass is 10.2. The van der Waals surface area contributed by atoms with Crippen LogP contribution in [0.4, 0.5) is 4.39 Å². The average molecular weight is 381 g/mol. The Morgan fingerprint density at radius 3 is 2.68 bits per heavy atom. The molecule has 25 heavy (non-hydrogen) atoms. The van der Waals surface area contributed by atoms with Gasteiger partial charge in [-0.2, -0.15) is 8.75 Å². The summed E-state index contributed by atoms with van der Waals surface area (Å²) in [6, 6.07) is 6.87. The first-order valence-electron chi connectivity index (χ1n) is 8.23. The molecule has 1 aliphatic heterocycles. The second kappa shape index (κ2) is 8.73. The molecule has 0 bridgehead atoms. The van der Waals surface area contributed by atoms with Crippen LogP contribution >= 0.6 is 23.5 Å². The predicted octanol–water partition coefficient (Wildman–Crippen LogP) is 2.56. The molecule has 8 heteroatoms. The first-order valence-corrected chi connectivity index (χ1v) is 10.1. The first kappa shape index (κ1) is 18.3. The second-order valence-corrected chi connectivity index (χ2v) is 7.55. The lowest BCUT2D eigenvalue weighted by Gasteiger charge is -2.34. The van der Waals surface area contributed by atoms with Crippen LogP contribution in [0.15, 0.2) is 24.3 Å². The lowest BCUT2D eigenvalue weighted by Crippen LogP contribution is -2.48. The molecule has 0 radical (unpaired) electrons. The van der Waals surface area contributed by atoms with Crippen LogP contribution in [0.25, 0.3) is 0 Å². The summed E-state index contributed by atoms with van der Waals surface area (Å²) < 4.78 is 22.1. The zero-order valence-electron chi connectivity index (χ0n) is 14.2. The van der Waals surface area contributed by atoms with E-state index in [1.807, 2.05) is 24.0 Å². The van der Waals surface area contributed by atoms with E-state index < -0.39 is 0 Å². The Kier molecular flexibility index (Phi) is 6.39. The van der Waals surface area contributed by atoms with Gasteiger partial charge >= 0.3 is 0 Å². The van der Waals surface area contributed by atoms with Crippen molar-refractivity contribution in [2.45, 2.75) is 19.2 Å². The number of hydrogen-bond donors (Lipinski definition) is 0. The summed E-state index contributed by atoms with van der Waals surface area (Å²) in [6.07, 6.45) is 0. The molecule has 0 atom stereocenters. The van der Waals surface area contributed by atoms with Crippen LogP contribution in [-0.4, -0.2) is 56.4 Å². The minimum absolute atomic E-state index is 0.163. The van der Waals surface area contributed by atoms with Crippen LogP contribution in [0.5, 0.6) is 0 Å². The Labute approximate surface area is 155 Å². The number of halogens is 1. The molecule has 2 aromatic rings. The van der Waals surface area contributed by atoms with Crippen LogP contribution in [0, 0.1) is 12.7 Å². The minimum atomic E-state index is -0.163. The van der Waals surface area contributed by atoms with Gasteiger partial charge in [-0.1, -0.05) is 18.2 Å². The fraction of sp³-hybridized carbons (Fsp3) is 0.471. The summed E-state index contributed by atoms with van der Waals surface area (Å²) in [6.45, 7) is 5.49. The van der Waals surface area contributed by atoms with Crippen molar-refractivity contribution < 1.29 is 9.18 Å². The van der Waals surface area contributed by atoms with Gasteiger partial charge in [-0.25, -0.2) is 4.39 Å². The van der Waals surface area contributed by atoms with Crippen LogP contribution in [0.2, 0.25) is 0 Å². The largest absolute Gasteiger partial charge is 0.339 e. The van der Waals surface area contributed by atoms with E-state index >= 15 is 0 Å². The summed E-state index contributed by atoms with van der Waals surface area (Å²) in [5.41, 5.74) is 2.63. The van der Waals surface area contributed by atoms with E-state index in [2.05, 4.69) is 13.6 Å². The predicted molar refractivity (Wildman–Crippen MR) is 99.1 cm³/mol. The SMILES string of the molecule is Cc1nsnc1CSCC(=O)N1CCN(Cc2ccccc2F)CC1. The van der Waals surface area contributed by atoms with Gasteiger partial charge < -0.3 is 4.90 Å². The quantitative estimate of drug-likeness (QED) is 0.771. The van der Waals surface area contributed by atoms with Gasteiger partial charge in [0.05, 0.1) is 28.9 Å². The molecule has 5 nitrogen and oxygen atoms in total. The van der Waals surface area contributed by atoms with E-state index in [1.165, 1.54) is 17.8 Å². The summed E-state index contributed by atoms with van der Waals surface area (Å²) in [5, 5.41) is 0. The maximum Gasteiger partial charge on any atom is 0.232 e. The average Bonchev–Trinajstić information content (AvgIpc) is 3.02.